The van der Waals surface area contributed by atoms with Crippen LogP contribution >= 0.6 is 0 Å². The molecule has 1 saturated heterocycles. The van der Waals surface area contributed by atoms with Crippen molar-refractivity contribution in [3.05, 3.63) is 82.4 Å². The van der Waals surface area contributed by atoms with E-state index in [0.717, 1.165) is 22.3 Å². The molecule has 0 unspecified atom stereocenters. The first-order chi connectivity index (χ1) is 16.9. The van der Waals surface area contributed by atoms with Gasteiger partial charge >= 0.3 is 0 Å². The third-order valence-electron chi connectivity index (χ3n) is 6.15. The van der Waals surface area contributed by atoms with E-state index in [9.17, 15) is 14.4 Å². The van der Waals surface area contributed by atoms with Crippen molar-refractivity contribution < 1.29 is 14.3 Å². The summed E-state index contributed by atoms with van der Waals surface area (Å²) in [5.74, 6) is 0.237. The highest BCUT2D eigenvalue weighted by atomic mass is 16.5. The second-order valence-corrected chi connectivity index (χ2v) is 8.55. The molecular weight excluding hydrogens is 446 g/mol. The lowest BCUT2D eigenvalue weighted by Gasteiger charge is -2.40. The van der Waals surface area contributed by atoms with Gasteiger partial charge in [0.1, 0.15) is 11.9 Å². The summed E-state index contributed by atoms with van der Waals surface area (Å²) in [6, 6.07) is 14.0. The van der Waals surface area contributed by atoms with E-state index in [1.54, 1.807) is 34.3 Å². The van der Waals surface area contributed by atoms with Crippen LogP contribution in [0.15, 0.2) is 65.7 Å². The van der Waals surface area contributed by atoms with Crippen molar-refractivity contribution in [3.63, 3.8) is 0 Å². The maximum Gasteiger partial charge on any atom is 0.248 e. The van der Waals surface area contributed by atoms with E-state index in [1.165, 1.54) is 13.2 Å². The number of piperazine rings is 1. The molecule has 0 saturated carbocycles. The van der Waals surface area contributed by atoms with Gasteiger partial charge in [-0.25, -0.2) is 4.98 Å². The number of methoxy groups -OCH3 is 1. The lowest BCUT2D eigenvalue weighted by Crippen LogP contribution is -2.60. The maximum absolute atomic E-state index is 13.3. The molecule has 1 atom stereocenters. The summed E-state index contributed by atoms with van der Waals surface area (Å²) in [4.78, 5) is 47.6. The van der Waals surface area contributed by atoms with Gasteiger partial charge < -0.3 is 25.3 Å². The average molecular weight is 476 g/mol. The number of nitrogens with one attached hydrogen (secondary N) is 1. The van der Waals surface area contributed by atoms with E-state index in [4.69, 9.17) is 10.5 Å². The summed E-state index contributed by atoms with van der Waals surface area (Å²) in [6.07, 6.45) is 4.16. The molecule has 0 aliphatic carbocycles. The number of nitrogen functional groups attached to an aromatic ring is 1. The highest BCUT2D eigenvalue weighted by Gasteiger charge is 2.37. The molecule has 1 fully saturated rings. The zero-order valence-corrected chi connectivity index (χ0v) is 19.6. The number of hydrogen-bond donors (Lipinski definition) is 2. The zero-order chi connectivity index (χ0) is 24.8. The van der Waals surface area contributed by atoms with Gasteiger partial charge in [-0.05, 0) is 40.8 Å². The van der Waals surface area contributed by atoms with Gasteiger partial charge in [-0.3, -0.25) is 14.4 Å². The number of aromatic amines is 1. The fourth-order valence-corrected chi connectivity index (χ4v) is 4.20. The number of ether oxygens (including phenoxy) is 1. The summed E-state index contributed by atoms with van der Waals surface area (Å²) >= 11 is 0. The third-order valence-corrected chi connectivity index (χ3v) is 6.15. The molecule has 1 aromatic carbocycles. The van der Waals surface area contributed by atoms with Crippen LogP contribution in [0.4, 0.5) is 5.82 Å². The second kappa shape index (κ2) is 11.0. The highest BCUT2D eigenvalue weighted by Crippen LogP contribution is 2.21. The van der Waals surface area contributed by atoms with E-state index in [2.05, 4.69) is 9.97 Å². The first-order valence-corrected chi connectivity index (χ1v) is 11.5. The molecule has 3 N–H and O–H groups in total. The number of carbonyl (C=O) groups is 2. The molecule has 9 nitrogen and oxygen atoms in total. The molecule has 2 aromatic heterocycles. The molecule has 0 radical (unpaired) electrons. The molecule has 2 amide bonds. The fraction of sp³-hybridized carbons (Fsp3) is 0.308. The van der Waals surface area contributed by atoms with Crippen LogP contribution in [0.1, 0.15) is 17.5 Å². The predicted octanol–water partition coefficient (Wildman–Crippen LogP) is 1.84. The van der Waals surface area contributed by atoms with Gasteiger partial charge in [0, 0.05) is 51.6 Å². The van der Waals surface area contributed by atoms with Crippen LogP contribution in [0, 0.1) is 0 Å². The molecule has 182 valence electrons. The minimum Gasteiger partial charge on any atom is -0.384 e. The Bertz CT molecular complexity index is 1200. The summed E-state index contributed by atoms with van der Waals surface area (Å²) in [5.41, 5.74) is 9.27. The number of H-pyrrole nitrogens is 1. The van der Waals surface area contributed by atoms with Crippen molar-refractivity contribution in [3.8, 4) is 11.1 Å². The lowest BCUT2D eigenvalue weighted by molar-refractivity contribution is -0.154. The van der Waals surface area contributed by atoms with Crippen LogP contribution in [-0.4, -0.2) is 64.4 Å². The Morgan fingerprint density at radius 1 is 1.06 bits per heavy atom. The van der Waals surface area contributed by atoms with Crippen molar-refractivity contribution in [2.75, 3.05) is 32.5 Å². The van der Waals surface area contributed by atoms with Crippen molar-refractivity contribution in [2.24, 2.45) is 0 Å². The Hall–Kier alpha value is -3.98. The first-order valence-electron chi connectivity index (χ1n) is 11.5. The van der Waals surface area contributed by atoms with Crippen molar-refractivity contribution >= 4 is 17.6 Å². The van der Waals surface area contributed by atoms with Crippen LogP contribution in [-0.2, 0) is 27.3 Å². The Balaban J connectivity index is 1.39. The molecule has 9 heteroatoms. The fourth-order valence-electron chi connectivity index (χ4n) is 4.20. The van der Waals surface area contributed by atoms with Gasteiger partial charge in [-0.2, -0.15) is 0 Å². The van der Waals surface area contributed by atoms with Gasteiger partial charge in [0.15, 0.2) is 0 Å². The number of aromatic nitrogens is 2. The molecular formula is C26H29N5O4. The van der Waals surface area contributed by atoms with Crippen molar-refractivity contribution in [1.29, 1.82) is 0 Å². The average Bonchev–Trinajstić information content (AvgIpc) is 2.87. The number of amides is 2. The Labute approximate surface area is 203 Å². The second-order valence-electron chi connectivity index (χ2n) is 8.55. The minimum absolute atomic E-state index is 0.0814. The normalized spacial score (nSPS) is 15.9. The Morgan fingerprint density at radius 3 is 2.46 bits per heavy atom. The first kappa shape index (κ1) is 24.2. The zero-order valence-electron chi connectivity index (χ0n) is 19.6. The number of pyridine rings is 2. The topological polar surface area (TPSA) is 122 Å². The molecule has 0 bridgehead atoms. The van der Waals surface area contributed by atoms with Crippen LogP contribution in [0.5, 0.6) is 0 Å². The largest absolute Gasteiger partial charge is 0.384 e. The molecule has 0 spiro atoms. The van der Waals surface area contributed by atoms with E-state index in [1.807, 2.05) is 30.3 Å². The number of benzene rings is 1. The van der Waals surface area contributed by atoms with Crippen molar-refractivity contribution in [2.45, 2.75) is 25.4 Å². The summed E-state index contributed by atoms with van der Waals surface area (Å²) < 4.78 is 5.29. The van der Waals surface area contributed by atoms with Gasteiger partial charge in [-0.1, -0.05) is 30.3 Å². The Kier molecular flexibility index (Phi) is 7.57. The van der Waals surface area contributed by atoms with E-state index in [-0.39, 0.29) is 30.4 Å². The van der Waals surface area contributed by atoms with Crippen LogP contribution < -0.4 is 11.3 Å². The maximum atomic E-state index is 13.3. The number of nitrogens with zero attached hydrogens (tertiary/aromatic N) is 3. The van der Waals surface area contributed by atoms with Gasteiger partial charge in [-0.15, -0.1) is 0 Å². The highest BCUT2D eigenvalue weighted by molar-refractivity contribution is 5.89. The number of anilines is 1. The van der Waals surface area contributed by atoms with Crippen LogP contribution in [0.25, 0.3) is 11.1 Å². The quantitative estimate of drug-likeness (QED) is 0.513. The van der Waals surface area contributed by atoms with Crippen LogP contribution in [0.2, 0.25) is 0 Å². The number of carbonyl (C=O) groups excluding carboxylic acids is 2. The number of hydrogen-bond acceptors (Lipinski definition) is 6. The summed E-state index contributed by atoms with van der Waals surface area (Å²) in [5, 5.41) is 0. The summed E-state index contributed by atoms with van der Waals surface area (Å²) in [6.45, 7) is 1.50. The number of rotatable bonds is 8. The van der Waals surface area contributed by atoms with E-state index >= 15 is 0 Å². The van der Waals surface area contributed by atoms with Gasteiger partial charge in [0.25, 0.3) is 0 Å². The minimum atomic E-state index is -0.647. The monoisotopic (exact) mass is 475 g/mol. The molecule has 4 rings (SSSR count). The molecule has 35 heavy (non-hydrogen) atoms. The molecule has 3 aromatic rings. The molecule has 3 heterocycles. The van der Waals surface area contributed by atoms with E-state index in [0.29, 0.717) is 31.9 Å². The summed E-state index contributed by atoms with van der Waals surface area (Å²) in [7, 11) is 1.53. The lowest BCUT2D eigenvalue weighted by atomic mass is 10.0. The van der Waals surface area contributed by atoms with Crippen LogP contribution in [0.3, 0.4) is 0 Å². The number of nitrogens with two attached hydrogens (primary N) is 1. The smallest absolute Gasteiger partial charge is 0.248 e. The van der Waals surface area contributed by atoms with E-state index < -0.39 is 6.04 Å². The third kappa shape index (κ3) is 5.93. The van der Waals surface area contributed by atoms with Gasteiger partial charge in [0.05, 0.1) is 6.61 Å². The van der Waals surface area contributed by atoms with Crippen molar-refractivity contribution in [1.82, 2.24) is 19.8 Å². The standard InChI is InChI=1S/C26H29N5O4/c1-35-17-22-26(34)30(12-13-31(22)25(33)11-5-18-4-9-23(27)28-14-18)16-19-2-6-20(7-3-19)21-8-10-24(32)29-15-21/h2-4,6-10,14-15,22H,5,11-13,16-17H2,1H3,(H2,27,28)(H,29,32)/t22-/m0/s1. The Morgan fingerprint density at radius 2 is 1.80 bits per heavy atom. The molecule has 1 aliphatic heterocycles. The SMILES string of the molecule is COC[C@H]1C(=O)N(Cc2ccc(-c3ccc(=O)[nH]c3)cc2)CCN1C(=O)CCc1ccc(N)nc1. The predicted molar refractivity (Wildman–Crippen MR) is 132 cm³/mol. The van der Waals surface area contributed by atoms with Gasteiger partial charge in [0.2, 0.25) is 17.4 Å². The molecule has 1 aliphatic rings. The number of aryl methyl sites for hydroxylation is 1.